The van der Waals surface area contributed by atoms with Crippen LogP contribution in [-0.4, -0.2) is 60.3 Å². The summed E-state index contributed by atoms with van der Waals surface area (Å²) in [5, 5.41) is 8.51. The quantitative estimate of drug-likeness (QED) is 0.174. The second kappa shape index (κ2) is 10.6. The van der Waals surface area contributed by atoms with Crippen molar-refractivity contribution in [2.24, 2.45) is 5.92 Å². The van der Waals surface area contributed by atoms with Crippen LogP contribution >= 0.6 is 0 Å². The van der Waals surface area contributed by atoms with Crippen LogP contribution in [0, 0.1) is 5.92 Å². The van der Waals surface area contributed by atoms with E-state index in [2.05, 4.69) is 26.8 Å². The molecule has 0 aromatic rings. The minimum Gasteiger partial charge on any atom is -0.478 e. The monoisotopic (exact) mass is 458 g/mol. The zero-order chi connectivity index (χ0) is 24.1. The van der Waals surface area contributed by atoms with Gasteiger partial charge in [-0.1, -0.05) is 48.1 Å². The van der Waals surface area contributed by atoms with Crippen LogP contribution in [0.1, 0.15) is 40.0 Å². The van der Waals surface area contributed by atoms with E-state index < -0.39 is 11.9 Å². The Kier molecular flexibility index (Phi) is 8.10. The molecule has 3 fully saturated rings. The van der Waals surface area contributed by atoms with Crippen molar-refractivity contribution in [1.29, 1.82) is 0 Å². The summed E-state index contributed by atoms with van der Waals surface area (Å²) in [6.07, 6.45) is 16.0. The number of allylic oxidation sites excluding steroid dienone is 7. The number of ether oxygens (including phenoxy) is 4. The molecule has 6 atom stereocenters. The Balaban J connectivity index is 1.59. The van der Waals surface area contributed by atoms with Crippen LogP contribution in [0.3, 0.4) is 0 Å². The Hall–Kier alpha value is -2.48. The summed E-state index contributed by atoms with van der Waals surface area (Å²) >= 11 is 0. The number of epoxide rings is 2. The molecular formula is C26H34O7. The summed E-state index contributed by atoms with van der Waals surface area (Å²) in [4.78, 5) is 22.8. The first-order valence-electron chi connectivity index (χ1n) is 11.3. The Morgan fingerprint density at radius 2 is 1.73 bits per heavy atom. The van der Waals surface area contributed by atoms with Gasteiger partial charge in [-0.2, -0.15) is 0 Å². The van der Waals surface area contributed by atoms with Gasteiger partial charge in [0, 0.05) is 19.3 Å². The smallest absolute Gasteiger partial charge is 0.331 e. The summed E-state index contributed by atoms with van der Waals surface area (Å²) in [5.41, 5.74) is 0.642. The van der Waals surface area contributed by atoms with E-state index in [1.807, 2.05) is 0 Å². The van der Waals surface area contributed by atoms with E-state index in [0.29, 0.717) is 13.0 Å². The predicted octanol–water partition coefficient (Wildman–Crippen LogP) is 3.92. The third kappa shape index (κ3) is 6.31. The molecule has 2 unspecified atom stereocenters. The van der Waals surface area contributed by atoms with Gasteiger partial charge in [-0.05, 0) is 40.0 Å². The van der Waals surface area contributed by atoms with Crippen LogP contribution in [0.15, 0.2) is 60.3 Å². The van der Waals surface area contributed by atoms with Crippen LogP contribution < -0.4 is 0 Å². The summed E-state index contributed by atoms with van der Waals surface area (Å²) in [7, 11) is 1.65. The molecule has 1 spiro atoms. The summed E-state index contributed by atoms with van der Waals surface area (Å²) in [6.45, 7) is 6.96. The highest BCUT2D eigenvalue weighted by Crippen LogP contribution is 2.59. The van der Waals surface area contributed by atoms with Crippen LogP contribution in [0.25, 0.3) is 0 Å². The van der Waals surface area contributed by atoms with E-state index in [1.54, 1.807) is 37.5 Å². The third-order valence-corrected chi connectivity index (χ3v) is 6.53. The highest BCUT2D eigenvalue weighted by molar-refractivity contribution is 5.82. The first-order chi connectivity index (χ1) is 15.7. The van der Waals surface area contributed by atoms with Crippen molar-refractivity contribution in [1.82, 2.24) is 0 Å². The van der Waals surface area contributed by atoms with E-state index >= 15 is 0 Å². The maximum Gasteiger partial charge on any atom is 0.331 e. The number of rotatable bonds is 10. The zero-order valence-corrected chi connectivity index (χ0v) is 19.7. The average Bonchev–Trinajstić information content (AvgIpc) is 3.67. The molecule has 1 saturated carbocycles. The van der Waals surface area contributed by atoms with Crippen LogP contribution in [0.4, 0.5) is 0 Å². The van der Waals surface area contributed by atoms with Crippen LogP contribution in [0.5, 0.6) is 0 Å². The van der Waals surface area contributed by atoms with Gasteiger partial charge in [-0.15, -0.1) is 0 Å². The number of hydrogen-bond donors (Lipinski definition) is 1. The molecule has 3 aliphatic rings. The second-order valence-electron chi connectivity index (χ2n) is 9.18. The summed E-state index contributed by atoms with van der Waals surface area (Å²) in [5.74, 6) is -1.45. The minimum atomic E-state index is -1.00. The molecule has 7 heteroatoms. The number of carbonyl (C=O) groups excluding carboxylic acids is 1. The standard InChI is InChI=1S/C26H34O7/c1-18(2)13-14-20-25(3,33-20)24-23(30-4)19(15-16-26(24)17-31-26)32-22(29)12-10-8-6-5-7-9-11-21(27)28/h5-13,19-20,23-24H,14-17H2,1-4H3,(H,27,28)/t19-,20?,23-,24-,25?,26+/m1/s1. The minimum absolute atomic E-state index is 0.00928. The van der Waals surface area contributed by atoms with E-state index in [1.165, 1.54) is 17.7 Å². The maximum atomic E-state index is 12.4. The molecule has 1 N–H and O–H groups in total. The Morgan fingerprint density at radius 1 is 1.09 bits per heavy atom. The maximum absolute atomic E-state index is 12.4. The lowest BCUT2D eigenvalue weighted by atomic mass is 9.68. The molecule has 33 heavy (non-hydrogen) atoms. The van der Waals surface area contributed by atoms with Gasteiger partial charge in [0.1, 0.15) is 23.4 Å². The summed E-state index contributed by atoms with van der Waals surface area (Å²) < 4.78 is 23.8. The second-order valence-corrected chi connectivity index (χ2v) is 9.18. The van der Waals surface area contributed by atoms with Crippen LogP contribution in [0.2, 0.25) is 0 Å². The highest BCUT2D eigenvalue weighted by atomic mass is 16.6. The molecule has 3 rings (SSSR count). The Labute approximate surface area is 195 Å². The lowest BCUT2D eigenvalue weighted by Gasteiger charge is -2.42. The van der Waals surface area contributed by atoms with Gasteiger partial charge < -0.3 is 24.1 Å². The number of methoxy groups -OCH3 is 1. The number of esters is 1. The van der Waals surface area contributed by atoms with Gasteiger partial charge in [-0.3, -0.25) is 0 Å². The van der Waals surface area contributed by atoms with Crippen molar-refractivity contribution >= 4 is 11.9 Å². The SMILES string of the molecule is CO[C@H]1[C@H](C2(C)OC2CC=C(C)C)[C@]2(CC[C@H]1OC(=O)C=CC=CC=CC=CC(=O)O)CO2. The van der Waals surface area contributed by atoms with Crippen molar-refractivity contribution < 1.29 is 33.6 Å². The molecular weight excluding hydrogens is 424 g/mol. The predicted molar refractivity (Wildman–Crippen MR) is 124 cm³/mol. The molecule has 0 aromatic heterocycles. The van der Waals surface area contributed by atoms with Gasteiger partial charge in [-0.25, -0.2) is 9.59 Å². The van der Waals surface area contributed by atoms with Crippen molar-refractivity contribution in [2.45, 2.75) is 69.5 Å². The molecule has 7 nitrogen and oxygen atoms in total. The number of carboxylic acid groups (broad SMARTS) is 1. The number of aliphatic carboxylic acids is 1. The van der Waals surface area contributed by atoms with Crippen molar-refractivity contribution in [3.63, 3.8) is 0 Å². The van der Waals surface area contributed by atoms with Gasteiger partial charge in [0.25, 0.3) is 0 Å². The first-order valence-corrected chi connectivity index (χ1v) is 11.3. The van der Waals surface area contributed by atoms with E-state index in [9.17, 15) is 9.59 Å². The highest BCUT2D eigenvalue weighted by Gasteiger charge is 2.72. The lowest BCUT2D eigenvalue weighted by molar-refractivity contribution is -0.166. The van der Waals surface area contributed by atoms with Gasteiger partial charge in [0.15, 0.2) is 0 Å². The van der Waals surface area contributed by atoms with Crippen molar-refractivity contribution in [2.75, 3.05) is 13.7 Å². The molecule has 2 heterocycles. The van der Waals surface area contributed by atoms with E-state index in [4.69, 9.17) is 24.1 Å². The molecule has 2 aliphatic heterocycles. The van der Waals surface area contributed by atoms with Gasteiger partial charge >= 0.3 is 11.9 Å². The fourth-order valence-electron chi connectivity index (χ4n) is 4.79. The lowest BCUT2D eigenvalue weighted by Crippen LogP contribution is -2.55. The molecule has 0 amide bonds. The molecule has 0 aromatic carbocycles. The number of hydrogen-bond acceptors (Lipinski definition) is 6. The number of carbonyl (C=O) groups is 2. The largest absolute Gasteiger partial charge is 0.478 e. The summed E-state index contributed by atoms with van der Waals surface area (Å²) in [6, 6.07) is 0. The Bertz CT molecular complexity index is 873. The van der Waals surface area contributed by atoms with Crippen molar-refractivity contribution in [3.05, 3.63) is 60.3 Å². The molecule has 2 saturated heterocycles. The molecule has 180 valence electrons. The van der Waals surface area contributed by atoms with Crippen LogP contribution in [-0.2, 0) is 28.5 Å². The normalized spacial score (nSPS) is 35.6. The van der Waals surface area contributed by atoms with Gasteiger partial charge in [0.2, 0.25) is 0 Å². The van der Waals surface area contributed by atoms with E-state index in [-0.39, 0.29) is 35.4 Å². The molecule has 0 bridgehead atoms. The first kappa shape index (κ1) is 25.1. The Morgan fingerprint density at radius 3 is 2.30 bits per heavy atom. The molecule has 1 aliphatic carbocycles. The topological polar surface area (TPSA) is 97.9 Å². The van der Waals surface area contributed by atoms with E-state index in [0.717, 1.165) is 18.9 Å². The molecule has 0 radical (unpaired) electrons. The fraction of sp³-hybridized carbons (Fsp3) is 0.538. The third-order valence-electron chi connectivity index (χ3n) is 6.53. The average molecular weight is 459 g/mol. The van der Waals surface area contributed by atoms with Crippen molar-refractivity contribution in [3.8, 4) is 0 Å². The number of carboxylic acids is 1. The van der Waals surface area contributed by atoms with Gasteiger partial charge in [0.05, 0.1) is 18.6 Å². The zero-order valence-electron chi connectivity index (χ0n) is 19.7. The fourth-order valence-corrected chi connectivity index (χ4v) is 4.79.